The van der Waals surface area contributed by atoms with Crippen LogP contribution in [0.25, 0.3) is 11.2 Å². The van der Waals surface area contributed by atoms with Crippen molar-refractivity contribution in [3.05, 3.63) is 36.7 Å². The number of hydrogen-bond acceptors (Lipinski definition) is 12. The van der Waals surface area contributed by atoms with E-state index in [2.05, 4.69) is 25.4 Å². The molecule has 2 aromatic heterocycles. The van der Waals surface area contributed by atoms with E-state index in [0.29, 0.717) is 11.3 Å². The van der Waals surface area contributed by atoms with Crippen LogP contribution >= 0.6 is 7.75 Å². The Hall–Kier alpha value is -3.69. The fraction of sp³-hybridized carbons (Fsp3) is 0.519. The molecule has 0 radical (unpaired) electrons. The Morgan fingerprint density at radius 1 is 1.23 bits per heavy atom. The molecule has 1 amide bonds. The van der Waals surface area contributed by atoms with Crippen molar-refractivity contribution >= 4 is 42.6 Å². The van der Waals surface area contributed by atoms with Crippen molar-refractivity contribution in [2.45, 2.75) is 70.9 Å². The zero-order valence-corrected chi connectivity index (χ0v) is 26.3. The summed E-state index contributed by atoms with van der Waals surface area (Å²) in [6, 6.07) is 6.99. The molecule has 0 spiro atoms. The molecule has 240 valence electrons. The molecule has 0 bridgehead atoms. The molecule has 1 saturated heterocycles. The maximum Gasteiger partial charge on any atom is 0.459 e. The number of fused-ring (bicyclic) bond motifs is 1. The first-order valence-electron chi connectivity index (χ1n) is 13.8. The maximum absolute atomic E-state index is 16.2. The Kier molecular flexibility index (Phi) is 9.90. The largest absolute Gasteiger partial charge is 0.462 e. The molecule has 17 heteroatoms. The lowest BCUT2D eigenvalue weighted by Gasteiger charge is -2.25. The minimum atomic E-state index is -4.32. The van der Waals surface area contributed by atoms with Gasteiger partial charge < -0.3 is 24.0 Å². The Morgan fingerprint density at radius 3 is 2.52 bits per heavy atom. The molecule has 0 saturated carbocycles. The van der Waals surface area contributed by atoms with Crippen LogP contribution in [-0.2, 0) is 28.2 Å². The number of esters is 1. The van der Waals surface area contributed by atoms with E-state index in [1.54, 1.807) is 51.0 Å². The number of aromatic nitrogens is 4. The third-order valence-corrected chi connectivity index (χ3v) is 8.16. The number of para-hydroxylation sites is 1. The third kappa shape index (κ3) is 7.33. The molecule has 6 atom stereocenters. The summed E-state index contributed by atoms with van der Waals surface area (Å²) in [7, 11) is -0.889. The molecule has 0 aliphatic carbocycles. The van der Waals surface area contributed by atoms with E-state index in [1.807, 2.05) is 0 Å². The van der Waals surface area contributed by atoms with Crippen LogP contribution in [-0.4, -0.2) is 87.2 Å². The number of nitrogens with zero attached hydrogens (tertiary/aromatic N) is 5. The second-order valence-corrected chi connectivity index (χ2v) is 12.6. The first-order valence-corrected chi connectivity index (χ1v) is 15.3. The highest BCUT2D eigenvalue weighted by molar-refractivity contribution is 7.52. The summed E-state index contributed by atoms with van der Waals surface area (Å²) in [4.78, 5) is 38.7. The molecular formula is C27H37FN7O8P. The van der Waals surface area contributed by atoms with Crippen molar-refractivity contribution in [3.63, 3.8) is 0 Å². The van der Waals surface area contributed by atoms with Gasteiger partial charge in [0, 0.05) is 21.0 Å². The van der Waals surface area contributed by atoms with Crippen LogP contribution in [0.3, 0.4) is 0 Å². The normalized spacial score (nSPS) is 23.7. The number of carbonyl (C=O) groups excluding carboxylic acids is 2. The Labute approximate surface area is 253 Å². The fourth-order valence-electron chi connectivity index (χ4n) is 4.45. The number of hydrogen-bond donors (Lipinski definition) is 3. The van der Waals surface area contributed by atoms with Crippen molar-refractivity contribution in [2.75, 3.05) is 30.9 Å². The molecule has 3 heterocycles. The number of aliphatic hydroxyl groups excluding tert-OH is 1. The summed E-state index contributed by atoms with van der Waals surface area (Å²) in [5.74, 6) is -0.622. The molecule has 15 nitrogen and oxygen atoms in total. The van der Waals surface area contributed by atoms with Gasteiger partial charge in [0.2, 0.25) is 11.9 Å². The summed E-state index contributed by atoms with van der Waals surface area (Å²) in [5, 5.41) is 16.0. The lowest BCUT2D eigenvalue weighted by Crippen LogP contribution is -2.41. The monoisotopic (exact) mass is 637 g/mol. The van der Waals surface area contributed by atoms with Gasteiger partial charge in [-0.05, 0) is 39.8 Å². The number of amides is 1. The zero-order valence-electron chi connectivity index (χ0n) is 25.4. The molecular weight excluding hydrogens is 600 g/mol. The van der Waals surface area contributed by atoms with Crippen LogP contribution in [0.15, 0.2) is 36.7 Å². The van der Waals surface area contributed by atoms with Crippen LogP contribution in [0, 0.1) is 0 Å². The molecule has 1 aromatic carbocycles. The van der Waals surface area contributed by atoms with Crippen LogP contribution in [0.1, 0.15) is 40.8 Å². The van der Waals surface area contributed by atoms with Gasteiger partial charge in [-0.3, -0.25) is 24.0 Å². The summed E-state index contributed by atoms with van der Waals surface area (Å²) < 4.78 is 53.7. The van der Waals surface area contributed by atoms with Crippen LogP contribution in [0.5, 0.6) is 5.75 Å². The zero-order chi connectivity index (χ0) is 32.4. The number of alkyl halides is 1. The Bertz CT molecular complexity index is 1540. The van der Waals surface area contributed by atoms with Gasteiger partial charge in [-0.1, -0.05) is 18.2 Å². The molecule has 1 aliphatic rings. The van der Waals surface area contributed by atoms with E-state index < -0.39 is 62.5 Å². The Balaban J connectivity index is 1.60. The van der Waals surface area contributed by atoms with Crippen LogP contribution in [0.2, 0.25) is 0 Å². The van der Waals surface area contributed by atoms with Gasteiger partial charge in [-0.25, -0.2) is 13.9 Å². The van der Waals surface area contributed by atoms with Crippen LogP contribution in [0.4, 0.5) is 16.2 Å². The minimum absolute atomic E-state index is 0.0374. The van der Waals surface area contributed by atoms with E-state index in [-0.39, 0.29) is 17.3 Å². The number of rotatable bonds is 12. The average Bonchev–Trinajstić information content (AvgIpc) is 3.44. The number of aliphatic hydroxyl groups is 1. The van der Waals surface area contributed by atoms with Gasteiger partial charge >= 0.3 is 13.7 Å². The third-order valence-electron chi connectivity index (χ3n) is 6.52. The van der Waals surface area contributed by atoms with E-state index in [9.17, 15) is 19.3 Å². The second kappa shape index (κ2) is 13.1. The highest BCUT2D eigenvalue weighted by atomic mass is 31.2. The van der Waals surface area contributed by atoms with Crippen molar-refractivity contribution in [2.24, 2.45) is 0 Å². The molecule has 1 fully saturated rings. The summed E-state index contributed by atoms with van der Waals surface area (Å²) >= 11 is 0. The summed E-state index contributed by atoms with van der Waals surface area (Å²) in [6.45, 7) is 6.60. The standard InChI is InChI=1S/C27H37FN7O8P/c1-15(2)41-24(38)16(3)33-44(39,43-18-11-9-8-10-12-18)40-13-19-21(37)27(5,28)25(42-19)35-14-29-20-22(34(6)7)31-26(30-17(4)36)32-23(20)35/h8-12,14-16,19,21,25,37H,13H2,1-7H3,(H,33,39)(H,30,31,32,36)/t16-,19?,21+,25+,27+,44?/m0/s1. The van der Waals surface area contributed by atoms with Gasteiger partial charge in [0.25, 0.3) is 0 Å². The maximum atomic E-state index is 16.2. The van der Waals surface area contributed by atoms with E-state index in [0.717, 1.165) is 6.92 Å². The second-order valence-electron chi connectivity index (χ2n) is 10.9. The van der Waals surface area contributed by atoms with Gasteiger partial charge in [0.1, 0.15) is 24.0 Å². The topological polar surface area (TPSA) is 179 Å². The van der Waals surface area contributed by atoms with Gasteiger partial charge in [0.05, 0.1) is 19.0 Å². The van der Waals surface area contributed by atoms with E-state index in [1.165, 1.54) is 36.9 Å². The molecule has 3 N–H and O–H groups in total. The Morgan fingerprint density at radius 2 is 1.91 bits per heavy atom. The van der Waals surface area contributed by atoms with E-state index in [4.69, 9.17) is 18.5 Å². The highest BCUT2D eigenvalue weighted by Gasteiger charge is 2.56. The number of halogens is 1. The van der Waals surface area contributed by atoms with Gasteiger partial charge in [0.15, 0.2) is 28.9 Å². The predicted octanol–water partition coefficient (Wildman–Crippen LogP) is 2.97. The number of imidazole rings is 1. The summed E-state index contributed by atoms with van der Waals surface area (Å²) in [5.41, 5.74) is -1.98. The minimum Gasteiger partial charge on any atom is -0.462 e. The molecule has 44 heavy (non-hydrogen) atoms. The summed E-state index contributed by atoms with van der Waals surface area (Å²) in [6.07, 6.45) is -3.70. The van der Waals surface area contributed by atoms with Crippen molar-refractivity contribution < 1.29 is 42.2 Å². The number of carbonyl (C=O) groups is 2. The predicted molar refractivity (Wildman–Crippen MR) is 158 cm³/mol. The number of nitrogens with one attached hydrogen (secondary N) is 2. The van der Waals surface area contributed by atoms with Crippen LogP contribution < -0.4 is 19.8 Å². The van der Waals surface area contributed by atoms with Crippen molar-refractivity contribution in [3.8, 4) is 5.75 Å². The van der Waals surface area contributed by atoms with Crippen molar-refractivity contribution in [1.82, 2.24) is 24.6 Å². The SMILES string of the molecule is CC(=O)Nc1nc(N(C)C)c2ncn([C@@H]3OC(COP(=O)(N[C@@H](C)C(=O)OC(C)C)Oc4ccccc4)[C@@H](O)[C@@]3(C)F)c2n1. The molecule has 1 aliphatic heterocycles. The van der Waals surface area contributed by atoms with Gasteiger partial charge in [-0.15, -0.1) is 0 Å². The molecule has 3 aromatic rings. The average molecular weight is 638 g/mol. The number of benzene rings is 1. The number of ether oxygens (including phenoxy) is 2. The molecule has 2 unspecified atom stereocenters. The smallest absolute Gasteiger partial charge is 0.459 e. The lowest BCUT2D eigenvalue weighted by atomic mass is 9.98. The first-order chi connectivity index (χ1) is 20.6. The van der Waals surface area contributed by atoms with Crippen molar-refractivity contribution in [1.29, 1.82) is 0 Å². The fourth-order valence-corrected chi connectivity index (χ4v) is 5.96. The molecule has 4 rings (SSSR count). The van der Waals surface area contributed by atoms with E-state index >= 15 is 4.39 Å². The number of anilines is 2. The highest BCUT2D eigenvalue weighted by Crippen LogP contribution is 2.48. The van der Waals surface area contributed by atoms with Gasteiger partial charge in [-0.2, -0.15) is 15.1 Å². The quantitative estimate of drug-likeness (QED) is 0.195. The first kappa shape index (κ1) is 33.2. The lowest BCUT2D eigenvalue weighted by molar-refractivity contribution is -0.149.